The standard InChI is InChI=1S/C17H20N4O/c1-14-6-3-4-7-17(14)22-9-5-8-21-13-18-11-16(21)15-10-19-20(2)12-15/h3-4,6-7,10-13H,5,8-9H2,1-2H3. The topological polar surface area (TPSA) is 44.9 Å². The summed E-state index contributed by atoms with van der Waals surface area (Å²) in [5.41, 5.74) is 3.34. The molecule has 3 rings (SSSR count). The molecule has 22 heavy (non-hydrogen) atoms. The fraction of sp³-hybridized carbons (Fsp3) is 0.294. The molecule has 2 heterocycles. The second kappa shape index (κ2) is 6.47. The summed E-state index contributed by atoms with van der Waals surface area (Å²) >= 11 is 0. The highest BCUT2D eigenvalue weighted by molar-refractivity contribution is 5.56. The van der Waals surface area contributed by atoms with Gasteiger partial charge < -0.3 is 9.30 Å². The van der Waals surface area contributed by atoms with E-state index in [1.54, 1.807) is 4.68 Å². The van der Waals surface area contributed by atoms with Gasteiger partial charge >= 0.3 is 0 Å². The average molecular weight is 296 g/mol. The molecular formula is C17H20N4O. The van der Waals surface area contributed by atoms with Crippen LogP contribution in [0.1, 0.15) is 12.0 Å². The van der Waals surface area contributed by atoms with Crippen LogP contribution in [0, 0.1) is 6.92 Å². The smallest absolute Gasteiger partial charge is 0.122 e. The summed E-state index contributed by atoms with van der Waals surface area (Å²) in [6.45, 7) is 3.62. The minimum atomic E-state index is 0.690. The molecule has 5 nitrogen and oxygen atoms in total. The maximum atomic E-state index is 5.83. The second-order valence-corrected chi connectivity index (χ2v) is 5.34. The molecule has 0 aliphatic heterocycles. The van der Waals surface area contributed by atoms with Crippen LogP contribution < -0.4 is 4.74 Å². The molecule has 5 heteroatoms. The lowest BCUT2D eigenvalue weighted by Crippen LogP contribution is -2.05. The molecule has 0 atom stereocenters. The molecule has 0 spiro atoms. The number of rotatable bonds is 6. The van der Waals surface area contributed by atoms with Crippen LogP contribution in [-0.4, -0.2) is 25.9 Å². The van der Waals surface area contributed by atoms with E-state index < -0.39 is 0 Å². The molecule has 114 valence electrons. The third kappa shape index (κ3) is 3.19. The number of imidazole rings is 1. The van der Waals surface area contributed by atoms with Crippen LogP contribution in [0.5, 0.6) is 5.75 Å². The van der Waals surface area contributed by atoms with E-state index in [0.29, 0.717) is 6.61 Å². The first-order valence-corrected chi connectivity index (χ1v) is 7.41. The Morgan fingerprint density at radius 1 is 1.18 bits per heavy atom. The lowest BCUT2D eigenvalue weighted by molar-refractivity contribution is 0.300. The maximum Gasteiger partial charge on any atom is 0.122 e. The van der Waals surface area contributed by atoms with Crippen molar-refractivity contribution in [2.45, 2.75) is 19.9 Å². The Hall–Kier alpha value is -2.56. The van der Waals surface area contributed by atoms with Crippen LogP contribution in [0.15, 0.2) is 49.2 Å². The lowest BCUT2D eigenvalue weighted by Gasteiger charge is -2.10. The van der Waals surface area contributed by atoms with Crippen molar-refractivity contribution in [2.75, 3.05) is 6.61 Å². The number of hydrogen-bond acceptors (Lipinski definition) is 3. The van der Waals surface area contributed by atoms with Gasteiger partial charge in [-0.05, 0) is 25.0 Å². The molecule has 3 aromatic rings. The van der Waals surface area contributed by atoms with E-state index in [1.807, 2.05) is 50.2 Å². The van der Waals surface area contributed by atoms with Gasteiger partial charge in [-0.2, -0.15) is 5.10 Å². The minimum absolute atomic E-state index is 0.690. The highest BCUT2D eigenvalue weighted by Crippen LogP contribution is 2.19. The highest BCUT2D eigenvalue weighted by Gasteiger charge is 2.07. The number of hydrogen-bond donors (Lipinski definition) is 0. The molecule has 0 bridgehead atoms. The van der Waals surface area contributed by atoms with Gasteiger partial charge in [0.25, 0.3) is 0 Å². The van der Waals surface area contributed by atoms with Gasteiger partial charge in [-0.15, -0.1) is 0 Å². The first-order valence-electron chi connectivity index (χ1n) is 7.41. The van der Waals surface area contributed by atoms with Crippen molar-refractivity contribution >= 4 is 0 Å². The number of para-hydroxylation sites is 1. The van der Waals surface area contributed by atoms with E-state index in [1.165, 1.54) is 5.56 Å². The highest BCUT2D eigenvalue weighted by atomic mass is 16.5. The number of ether oxygens (including phenoxy) is 1. The van der Waals surface area contributed by atoms with Crippen molar-refractivity contribution < 1.29 is 4.74 Å². The Kier molecular flexibility index (Phi) is 4.23. The molecule has 0 radical (unpaired) electrons. The van der Waals surface area contributed by atoms with Crippen molar-refractivity contribution in [1.82, 2.24) is 19.3 Å². The van der Waals surface area contributed by atoms with Gasteiger partial charge in [0, 0.05) is 25.4 Å². The normalized spacial score (nSPS) is 10.8. The van der Waals surface area contributed by atoms with Crippen LogP contribution in [0.4, 0.5) is 0 Å². The van der Waals surface area contributed by atoms with E-state index in [0.717, 1.165) is 30.0 Å². The Morgan fingerprint density at radius 2 is 2.05 bits per heavy atom. The van der Waals surface area contributed by atoms with Gasteiger partial charge in [0.1, 0.15) is 5.75 Å². The lowest BCUT2D eigenvalue weighted by atomic mass is 10.2. The molecule has 0 amide bonds. The molecule has 0 aliphatic carbocycles. The molecule has 1 aromatic carbocycles. The molecule has 2 aromatic heterocycles. The monoisotopic (exact) mass is 296 g/mol. The molecule has 0 saturated heterocycles. The zero-order valence-electron chi connectivity index (χ0n) is 12.9. The van der Waals surface area contributed by atoms with Crippen LogP contribution in [-0.2, 0) is 13.6 Å². The predicted molar refractivity (Wildman–Crippen MR) is 85.7 cm³/mol. The predicted octanol–water partition coefficient (Wildman–Crippen LogP) is 3.06. The first kappa shape index (κ1) is 14.4. The van der Waals surface area contributed by atoms with Gasteiger partial charge in [-0.1, -0.05) is 18.2 Å². The Balaban J connectivity index is 1.57. The molecule has 0 aliphatic rings. The van der Waals surface area contributed by atoms with Crippen LogP contribution in [0.2, 0.25) is 0 Å². The number of aromatic nitrogens is 4. The Labute approximate surface area is 130 Å². The maximum absolute atomic E-state index is 5.83. The van der Waals surface area contributed by atoms with Crippen LogP contribution in [0.3, 0.4) is 0 Å². The zero-order chi connectivity index (χ0) is 15.4. The Bertz CT molecular complexity index is 744. The van der Waals surface area contributed by atoms with Gasteiger partial charge in [-0.3, -0.25) is 4.68 Å². The van der Waals surface area contributed by atoms with Gasteiger partial charge in [0.05, 0.1) is 31.0 Å². The number of aryl methyl sites for hydroxylation is 3. The summed E-state index contributed by atoms with van der Waals surface area (Å²) in [5.74, 6) is 0.959. The van der Waals surface area contributed by atoms with Crippen molar-refractivity contribution in [3.8, 4) is 17.0 Å². The van der Waals surface area contributed by atoms with Gasteiger partial charge in [0.2, 0.25) is 0 Å². The van der Waals surface area contributed by atoms with Crippen molar-refractivity contribution in [3.05, 3.63) is 54.7 Å². The zero-order valence-corrected chi connectivity index (χ0v) is 12.9. The summed E-state index contributed by atoms with van der Waals surface area (Å²) < 4.78 is 9.77. The van der Waals surface area contributed by atoms with Gasteiger partial charge in [-0.25, -0.2) is 4.98 Å². The van der Waals surface area contributed by atoms with Gasteiger partial charge in [0.15, 0.2) is 0 Å². The molecule has 0 saturated carbocycles. The minimum Gasteiger partial charge on any atom is -0.493 e. The number of nitrogens with zero attached hydrogens (tertiary/aromatic N) is 4. The molecule has 0 N–H and O–H groups in total. The van der Waals surface area contributed by atoms with Crippen LogP contribution in [0.25, 0.3) is 11.3 Å². The van der Waals surface area contributed by atoms with Crippen molar-refractivity contribution in [2.24, 2.45) is 7.05 Å². The summed E-state index contributed by atoms with van der Waals surface area (Å²) in [5, 5.41) is 4.21. The fourth-order valence-corrected chi connectivity index (χ4v) is 2.43. The summed E-state index contributed by atoms with van der Waals surface area (Å²) in [6, 6.07) is 8.09. The summed E-state index contributed by atoms with van der Waals surface area (Å²) in [4.78, 5) is 4.24. The largest absolute Gasteiger partial charge is 0.493 e. The molecular weight excluding hydrogens is 276 g/mol. The second-order valence-electron chi connectivity index (χ2n) is 5.34. The number of benzene rings is 1. The van der Waals surface area contributed by atoms with E-state index in [2.05, 4.69) is 27.6 Å². The van der Waals surface area contributed by atoms with Crippen molar-refractivity contribution in [1.29, 1.82) is 0 Å². The first-order chi connectivity index (χ1) is 10.7. The molecule has 0 fully saturated rings. The fourth-order valence-electron chi connectivity index (χ4n) is 2.43. The SMILES string of the molecule is Cc1ccccc1OCCCn1cncc1-c1cnn(C)c1. The van der Waals surface area contributed by atoms with E-state index in [4.69, 9.17) is 4.74 Å². The summed E-state index contributed by atoms with van der Waals surface area (Å²) in [7, 11) is 1.92. The van der Waals surface area contributed by atoms with E-state index >= 15 is 0 Å². The quantitative estimate of drug-likeness (QED) is 0.657. The summed E-state index contributed by atoms with van der Waals surface area (Å²) in [6.07, 6.45) is 8.52. The third-order valence-corrected chi connectivity index (χ3v) is 3.61. The Morgan fingerprint density at radius 3 is 2.82 bits per heavy atom. The van der Waals surface area contributed by atoms with Crippen molar-refractivity contribution in [3.63, 3.8) is 0 Å². The van der Waals surface area contributed by atoms with E-state index in [-0.39, 0.29) is 0 Å². The average Bonchev–Trinajstić information content (AvgIpc) is 3.14. The van der Waals surface area contributed by atoms with E-state index in [9.17, 15) is 0 Å². The van der Waals surface area contributed by atoms with Crippen LogP contribution >= 0.6 is 0 Å². The molecule has 0 unspecified atom stereocenters. The third-order valence-electron chi connectivity index (χ3n) is 3.61.